The molecule has 0 aromatic heterocycles. The maximum Gasteiger partial charge on any atom is 0.153 e. The van der Waals surface area contributed by atoms with Crippen LogP contribution in [0.5, 0.6) is 0 Å². The summed E-state index contributed by atoms with van der Waals surface area (Å²) in [5.74, 6) is 0.326. The first kappa shape index (κ1) is 16.8. The topological polar surface area (TPSA) is 3.24 Å². The van der Waals surface area contributed by atoms with Gasteiger partial charge in [-0.05, 0) is 17.3 Å². The summed E-state index contributed by atoms with van der Waals surface area (Å²) >= 11 is 0. The van der Waals surface area contributed by atoms with Gasteiger partial charge in [-0.2, -0.15) is 0 Å². The van der Waals surface area contributed by atoms with Gasteiger partial charge in [-0.25, -0.2) is 0 Å². The minimum absolute atomic E-state index is 0.326. The second-order valence-electron chi connectivity index (χ2n) is 5.90. The summed E-state index contributed by atoms with van der Waals surface area (Å²) in [5.41, 5.74) is 2.71. The minimum Gasteiger partial charge on any atom is -0.432 e. The van der Waals surface area contributed by atoms with E-state index in [1.807, 2.05) is 0 Å². The minimum atomic E-state index is -0.439. The molecule has 2 rings (SSSR count). The molecule has 0 fully saturated rings. The third-order valence-electron chi connectivity index (χ3n) is 3.71. The Labute approximate surface area is 138 Å². The molecule has 0 bridgehead atoms. The quantitative estimate of drug-likeness (QED) is 0.666. The Hall–Kier alpha value is -1.59. The fourth-order valence-electron chi connectivity index (χ4n) is 2.65. The Balaban J connectivity index is 2.34. The first-order chi connectivity index (χ1) is 10.6. The normalized spacial score (nSPS) is 11.8. The van der Waals surface area contributed by atoms with E-state index in [0.717, 1.165) is 0 Å². The van der Waals surface area contributed by atoms with Gasteiger partial charge < -0.3 is 4.23 Å². The van der Waals surface area contributed by atoms with Crippen molar-refractivity contribution < 1.29 is 0 Å². The fourth-order valence-corrected chi connectivity index (χ4v) is 7.00. The molecule has 22 heavy (non-hydrogen) atoms. The highest BCUT2D eigenvalue weighted by molar-refractivity contribution is 6.70. The molecule has 0 aliphatic rings. The number of hydrogen-bond donors (Lipinski definition) is 0. The van der Waals surface area contributed by atoms with Crippen LogP contribution in [0.4, 0.5) is 0 Å². The van der Waals surface area contributed by atoms with Gasteiger partial charge in [0, 0.05) is 5.92 Å². The maximum absolute atomic E-state index is 2.61. The van der Waals surface area contributed by atoms with Gasteiger partial charge in [-0.3, -0.25) is 0 Å². The van der Waals surface area contributed by atoms with Crippen LogP contribution in [0.2, 0.25) is 26.2 Å². The molecule has 0 unspecified atom stereocenters. The maximum atomic E-state index is 2.61. The molecule has 0 heterocycles. The zero-order chi connectivity index (χ0) is 15.9. The highest BCUT2D eigenvalue weighted by Gasteiger charge is 2.14. The van der Waals surface area contributed by atoms with E-state index >= 15 is 0 Å². The van der Waals surface area contributed by atoms with Crippen molar-refractivity contribution in [2.75, 3.05) is 0 Å². The summed E-state index contributed by atoms with van der Waals surface area (Å²) < 4.78 is 2.61. The molecule has 2 radical (unpaired) electrons. The number of nitrogens with zero attached hydrogens (tertiary/aromatic N) is 1. The SMILES string of the molecule is C[Si](C)N(/C=C/C(c1ccccc1)c1ccccc1)[Si](C)C. The Morgan fingerprint density at radius 3 is 1.50 bits per heavy atom. The Kier molecular flexibility index (Phi) is 6.22. The van der Waals surface area contributed by atoms with Crippen LogP contribution in [-0.4, -0.2) is 22.1 Å². The summed E-state index contributed by atoms with van der Waals surface area (Å²) in [6.07, 6.45) is 4.73. The summed E-state index contributed by atoms with van der Waals surface area (Å²) in [6, 6.07) is 21.6. The second-order valence-corrected chi connectivity index (χ2v) is 11.1. The van der Waals surface area contributed by atoms with E-state index in [9.17, 15) is 0 Å². The summed E-state index contributed by atoms with van der Waals surface area (Å²) in [6.45, 7) is 9.47. The van der Waals surface area contributed by atoms with Crippen molar-refractivity contribution in [2.24, 2.45) is 0 Å². The van der Waals surface area contributed by atoms with E-state index in [4.69, 9.17) is 0 Å². The van der Waals surface area contributed by atoms with Crippen molar-refractivity contribution in [3.05, 3.63) is 84.1 Å². The smallest absolute Gasteiger partial charge is 0.153 e. The lowest BCUT2D eigenvalue weighted by molar-refractivity contribution is 0.868. The predicted octanol–water partition coefficient (Wildman–Crippen LogP) is 5.14. The van der Waals surface area contributed by atoms with E-state index < -0.39 is 17.9 Å². The fraction of sp³-hybridized carbons (Fsp3) is 0.263. The Bertz CT molecular complexity index is 531. The van der Waals surface area contributed by atoms with Crippen LogP contribution in [0.25, 0.3) is 0 Å². The zero-order valence-electron chi connectivity index (χ0n) is 14.0. The van der Waals surface area contributed by atoms with Gasteiger partial charge in [-0.15, -0.1) is 0 Å². The molecule has 2 aromatic carbocycles. The zero-order valence-corrected chi connectivity index (χ0v) is 16.0. The van der Waals surface area contributed by atoms with Crippen molar-refractivity contribution in [3.63, 3.8) is 0 Å². The molecule has 0 saturated carbocycles. The van der Waals surface area contributed by atoms with E-state index in [0.29, 0.717) is 5.92 Å². The molecule has 3 heteroatoms. The van der Waals surface area contributed by atoms with Crippen molar-refractivity contribution >= 4 is 17.9 Å². The van der Waals surface area contributed by atoms with E-state index in [1.54, 1.807) is 0 Å². The van der Waals surface area contributed by atoms with Gasteiger partial charge in [0.2, 0.25) is 0 Å². The van der Waals surface area contributed by atoms with Gasteiger partial charge in [0.1, 0.15) is 0 Å². The van der Waals surface area contributed by atoms with Crippen LogP contribution in [-0.2, 0) is 0 Å². The number of hydrogen-bond acceptors (Lipinski definition) is 1. The standard InChI is InChI=1S/C19H25NSi2/c1-21(2)20(22(3)4)16-15-19(17-11-7-5-8-12-17)18-13-9-6-10-14-18/h5-16,19H,1-4H3/b16-15+. The molecular weight excluding hydrogens is 298 g/mol. The summed E-state index contributed by atoms with van der Waals surface area (Å²) in [5, 5.41) is 0. The van der Waals surface area contributed by atoms with E-state index in [-0.39, 0.29) is 0 Å². The van der Waals surface area contributed by atoms with Crippen LogP contribution in [0.15, 0.2) is 72.9 Å². The number of benzene rings is 2. The average molecular weight is 324 g/mol. The molecule has 0 saturated heterocycles. The van der Waals surface area contributed by atoms with Crippen molar-refractivity contribution in [3.8, 4) is 0 Å². The van der Waals surface area contributed by atoms with Crippen LogP contribution in [0, 0.1) is 0 Å². The molecule has 0 aliphatic carbocycles. The van der Waals surface area contributed by atoms with Crippen molar-refractivity contribution in [2.45, 2.75) is 32.1 Å². The predicted molar refractivity (Wildman–Crippen MR) is 101 cm³/mol. The van der Waals surface area contributed by atoms with Crippen LogP contribution < -0.4 is 0 Å². The lowest BCUT2D eigenvalue weighted by Gasteiger charge is -2.28. The molecule has 0 N–H and O–H groups in total. The molecule has 1 nitrogen and oxygen atoms in total. The van der Waals surface area contributed by atoms with Gasteiger partial charge in [0.05, 0.1) is 0 Å². The van der Waals surface area contributed by atoms with Crippen LogP contribution >= 0.6 is 0 Å². The molecule has 114 valence electrons. The first-order valence-electron chi connectivity index (χ1n) is 7.77. The third kappa shape index (κ3) is 4.45. The lowest BCUT2D eigenvalue weighted by atomic mass is 9.91. The summed E-state index contributed by atoms with van der Waals surface area (Å²) in [4.78, 5) is 0. The second kappa shape index (κ2) is 8.15. The molecular formula is C19H25NSi2. The molecule has 0 spiro atoms. The van der Waals surface area contributed by atoms with E-state index in [2.05, 4.69) is 103 Å². The highest BCUT2D eigenvalue weighted by atomic mass is 28.3. The Morgan fingerprint density at radius 1 is 0.727 bits per heavy atom. The number of allylic oxidation sites excluding steroid dienone is 1. The number of rotatable bonds is 6. The largest absolute Gasteiger partial charge is 0.432 e. The molecule has 0 aliphatic heterocycles. The highest BCUT2D eigenvalue weighted by Crippen LogP contribution is 2.26. The van der Waals surface area contributed by atoms with Crippen LogP contribution in [0.3, 0.4) is 0 Å². The molecule has 2 aromatic rings. The van der Waals surface area contributed by atoms with Gasteiger partial charge in [0.25, 0.3) is 0 Å². The van der Waals surface area contributed by atoms with Crippen molar-refractivity contribution in [1.82, 2.24) is 4.23 Å². The van der Waals surface area contributed by atoms with Crippen molar-refractivity contribution in [1.29, 1.82) is 0 Å². The summed E-state index contributed by atoms with van der Waals surface area (Å²) in [7, 11) is -0.878. The van der Waals surface area contributed by atoms with Gasteiger partial charge >= 0.3 is 0 Å². The third-order valence-corrected chi connectivity index (χ3v) is 8.62. The lowest BCUT2D eigenvalue weighted by Crippen LogP contribution is -2.38. The monoisotopic (exact) mass is 323 g/mol. The van der Waals surface area contributed by atoms with Gasteiger partial charge in [0.15, 0.2) is 17.9 Å². The molecule has 0 amide bonds. The first-order valence-corrected chi connectivity index (χ1v) is 12.7. The average Bonchev–Trinajstić information content (AvgIpc) is 2.52. The van der Waals surface area contributed by atoms with Gasteiger partial charge in [-0.1, -0.05) is 92.9 Å². The van der Waals surface area contributed by atoms with E-state index in [1.165, 1.54) is 11.1 Å². The Morgan fingerprint density at radius 2 is 1.14 bits per heavy atom. The molecule has 0 atom stereocenters. The van der Waals surface area contributed by atoms with Crippen LogP contribution in [0.1, 0.15) is 17.0 Å².